The first kappa shape index (κ1) is 67.8. The number of esters is 1. The second-order valence-corrected chi connectivity index (χ2v) is 25.3. The molecule has 4 aliphatic heterocycles. The van der Waals surface area contributed by atoms with Gasteiger partial charge in [-0.15, -0.1) is 0 Å². The number of urea groups is 3. The lowest BCUT2D eigenvalue weighted by molar-refractivity contribution is 0.0303. The SMILES string of the molecule is CCOC(=O)c1ccc2nc(NC(=O)N3CCN(C(=O)c4cccc(F)c4)CC3)sc2c1.O=C(Nc1nc2ccc(C(=O)N3CCOCC3)cc2s1)N1CCN(C(=O)c2cccc(F)c2)CC1.O=C(O)c1ccc2nc(NC(=O)N3CCN(C(=O)c4cccc(F)c4)CC3)sc2c1. The molecule has 0 unspecified atom stereocenters. The van der Waals surface area contributed by atoms with Gasteiger partial charge in [-0.05, 0) is 116 Å². The molecule has 6 aromatic carbocycles. The van der Waals surface area contributed by atoms with E-state index in [2.05, 4.69) is 30.9 Å². The van der Waals surface area contributed by atoms with E-state index in [1.54, 1.807) is 102 Å². The van der Waals surface area contributed by atoms with Crippen LogP contribution in [-0.4, -0.2) is 219 Å². The number of amides is 10. The van der Waals surface area contributed by atoms with E-state index in [0.29, 0.717) is 170 Å². The van der Waals surface area contributed by atoms with Crippen molar-refractivity contribution in [2.24, 2.45) is 0 Å². The van der Waals surface area contributed by atoms with Gasteiger partial charge in [-0.3, -0.25) is 35.1 Å². The molecule has 4 aliphatic rings. The van der Waals surface area contributed by atoms with Crippen molar-refractivity contribution in [2.45, 2.75) is 6.92 Å². The lowest BCUT2D eigenvalue weighted by atomic mass is 10.2. The van der Waals surface area contributed by atoms with E-state index in [-0.39, 0.29) is 52.8 Å². The number of carbonyl (C=O) groups excluding carboxylic acids is 8. The number of nitrogens with one attached hydrogen (secondary N) is 3. The van der Waals surface area contributed by atoms with Crippen LogP contribution in [0.25, 0.3) is 30.6 Å². The summed E-state index contributed by atoms with van der Waals surface area (Å²) < 4.78 is 52.7. The largest absolute Gasteiger partial charge is 0.478 e. The average Bonchev–Trinajstić information content (AvgIpc) is 1.78. The number of morpholine rings is 1. The number of thiazole rings is 3. The maximum Gasteiger partial charge on any atom is 0.338 e. The summed E-state index contributed by atoms with van der Waals surface area (Å²) in [7, 11) is 0. The summed E-state index contributed by atoms with van der Waals surface area (Å²) in [5.41, 5.74) is 4.01. The van der Waals surface area contributed by atoms with Crippen molar-refractivity contribution in [3.05, 3.63) is 178 Å². The number of benzene rings is 6. The molecule has 10 amide bonds. The molecule has 3 aromatic heterocycles. The van der Waals surface area contributed by atoms with E-state index in [0.717, 1.165) is 9.40 Å². The molecule has 4 saturated heterocycles. The number of halogens is 3. The van der Waals surface area contributed by atoms with E-state index in [1.807, 2.05) is 0 Å². The van der Waals surface area contributed by atoms with Crippen LogP contribution in [0.5, 0.6) is 0 Å². The Labute approximate surface area is 563 Å². The highest BCUT2D eigenvalue weighted by Crippen LogP contribution is 2.31. The maximum absolute atomic E-state index is 13.4. The first-order valence-corrected chi connectivity index (χ1v) is 33.1. The van der Waals surface area contributed by atoms with E-state index in [1.165, 1.54) is 101 Å². The molecule has 0 bridgehead atoms. The third-order valence-corrected chi connectivity index (χ3v) is 18.7. The van der Waals surface area contributed by atoms with Crippen LogP contribution in [-0.2, 0) is 9.47 Å². The summed E-state index contributed by atoms with van der Waals surface area (Å²) in [4.78, 5) is 136. The van der Waals surface area contributed by atoms with Crippen LogP contribution in [0.15, 0.2) is 127 Å². The van der Waals surface area contributed by atoms with Crippen LogP contribution >= 0.6 is 34.0 Å². The van der Waals surface area contributed by atoms with Crippen molar-refractivity contribution >= 4 is 134 Å². The van der Waals surface area contributed by atoms with Crippen LogP contribution in [0, 0.1) is 17.5 Å². The van der Waals surface area contributed by atoms with E-state index in [4.69, 9.17) is 14.6 Å². The molecule has 0 saturated carbocycles. The molecule has 0 spiro atoms. The second kappa shape index (κ2) is 30.8. The van der Waals surface area contributed by atoms with Gasteiger partial charge in [-0.25, -0.2) is 52.1 Å². The van der Waals surface area contributed by atoms with Gasteiger partial charge in [0.15, 0.2) is 15.4 Å². The number of aromatic nitrogens is 3. The smallest absolute Gasteiger partial charge is 0.338 e. The number of carboxylic acid groups (broad SMARTS) is 1. The number of ether oxygens (including phenoxy) is 2. The Morgan fingerprint density at radius 2 is 0.711 bits per heavy atom. The Morgan fingerprint density at radius 3 is 1.05 bits per heavy atom. The zero-order chi connectivity index (χ0) is 68.3. The van der Waals surface area contributed by atoms with Gasteiger partial charge in [0, 0.05) is 114 Å². The molecule has 7 heterocycles. The topological polar surface area (TPSA) is 290 Å². The van der Waals surface area contributed by atoms with Crippen molar-refractivity contribution < 1.29 is 70.9 Å². The lowest BCUT2D eigenvalue weighted by Gasteiger charge is -2.34. The normalized spacial score (nSPS) is 14.8. The molecule has 4 N–H and O–H groups in total. The van der Waals surface area contributed by atoms with Gasteiger partial charge in [-0.1, -0.05) is 52.2 Å². The molecule has 0 atom stereocenters. The fraction of sp³-hybridized carbons (Fsp3) is 0.273. The number of carbonyl (C=O) groups is 9. The number of rotatable bonds is 10. The number of anilines is 3. The summed E-state index contributed by atoms with van der Waals surface area (Å²) in [6, 6.07) is 30.7. The number of hydrogen-bond acceptors (Lipinski definition) is 17. The first-order valence-electron chi connectivity index (χ1n) is 30.6. The highest BCUT2D eigenvalue weighted by molar-refractivity contribution is 7.23. The zero-order valence-corrected chi connectivity index (χ0v) is 54.4. The molecule has 25 nitrogen and oxygen atoms in total. The van der Waals surface area contributed by atoms with Crippen molar-refractivity contribution in [2.75, 3.05) is 127 Å². The maximum atomic E-state index is 13.4. The fourth-order valence-electron chi connectivity index (χ4n) is 10.8. The zero-order valence-electron chi connectivity index (χ0n) is 51.9. The Kier molecular flexibility index (Phi) is 21.6. The highest BCUT2D eigenvalue weighted by Gasteiger charge is 2.30. The number of nitrogens with zero attached hydrogens (tertiary/aromatic N) is 10. The van der Waals surface area contributed by atoms with Crippen LogP contribution in [0.4, 0.5) is 42.9 Å². The minimum atomic E-state index is -1.03. The third kappa shape index (κ3) is 16.9. The Bertz CT molecular complexity index is 4470. The van der Waals surface area contributed by atoms with Crippen LogP contribution in [0.2, 0.25) is 0 Å². The fourth-order valence-corrected chi connectivity index (χ4v) is 13.4. The summed E-state index contributed by atoms with van der Waals surface area (Å²) >= 11 is 3.76. The van der Waals surface area contributed by atoms with E-state index >= 15 is 0 Å². The number of carboxylic acids is 1. The molecule has 9 aromatic rings. The van der Waals surface area contributed by atoms with Gasteiger partial charge in [-0.2, -0.15) is 0 Å². The average molecular weight is 1380 g/mol. The van der Waals surface area contributed by atoms with Gasteiger partial charge in [0.25, 0.3) is 23.6 Å². The molecule has 4 fully saturated rings. The summed E-state index contributed by atoms with van der Waals surface area (Å²) in [6.07, 6.45) is 0. The molecule has 502 valence electrons. The van der Waals surface area contributed by atoms with Crippen molar-refractivity contribution in [3.8, 4) is 0 Å². The van der Waals surface area contributed by atoms with Gasteiger partial charge in [0.05, 0.1) is 61.6 Å². The van der Waals surface area contributed by atoms with Gasteiger partial charge < -0.3 is 48.9 Å². The lowest BCUT2D eigenvalue weighted by Crippen LogP contribution is -2.51. The molecule has 97 heavy (non-hydrogen) atoms. The monoisotopic (exact) mass is 1380 g/mol. The first-order chi connectivity index (χ1) is 46.8. The summed E-state index contributed by atoms with van der Waals surface area (Å²) in [5, 5.41) is 18.6. The quantitative estimate of drug-likeness (QED) is 0.0927. The molecular formula is C66H62F3N13O12S3. The molecule has 13 rings (SSSR count). The van der Waals surface area contributed by atoms with Gasteiger partial charge in [0.1, 0.15) is 17.5 Å². The number of aromatic carboxylic acids is 1. The minimum Gasteiger partial charge on any atom is -0.478 e. The second-order valence-electron chi connectivity index (χ2n) is 22.2. The molecule has 0 radical (unpaired) electrons. The molecule has 31 heteroatoms. The van der Waals surface area contributed by atoms with E-state index in [9.17, 15) is 56.3 Å². The van der Waals surface area contributed by atoms with Crippen LogP contribution < -0.4 is 16.0 Å². The van der Waals surface area contributed by atoms with Crippen LogP contribution in [0.1, 0.15) is 69.1 Å². The number of hydrogen-bond donors (Lipinski definition) is 4. The minimum absolute atomic E-state index is 0.0418. The molecule has 0 aliphatic carbocycles. The number of fused-ring (bicyclic) bond motifs is 3. The summed E-state index contributed by atoms with van der Waals surface area (Å²) in [5.74, 6) is -3.63. The van der Waals surface area contributed by atoms with Crippen LogP contribution in [0.3, 0.4) is 0 Å². The molecular weight excluding hydrogens is 1320 g/mol. The predicted octanol–water partition coefficient (Wildman–Crippen LogP) is 9.62. The van der Waals surface area contributed by atoms with Crippen molar-refractivity contribution in [1.29, 1.82) is 0 Å². The van der Waals surface area contributed by atoms with Crippen molar-refractivity contribution in [3.63, 3.8) is 0 Å². The Balaban J connectivity index is 0.000000148. The number of piperazine rings is 3. The highest BCUT2D eigenvalue weighted by atomic mass is 32.1. The predicted molar refractivity (Wildman–Crippen MR) is 357 cm³/mol. The van der Waals surface area contributed by atoms with Gasteiger partial charge in [0.2, 0.25) is 0 Å². The van der Waals surface area contributed by atoms with E-state index < -0.39 is 29.4 Å². The Hall–Kier alpha value is -10.6. The Morgan fingerprint density at radius 1 is 0.412 bits per heavy atom. The third-order valence-electron chi connectivity index (χ3n) is 15.9. The van der Waals surface area contributed by atoms with Gasteiger partial charge >= 0.3 is 30.0 Å². The summed E-state index contributed by atoms with van der Waals surface area (Å²) in [6.45, 7) is 8.44. The van der Waals surface area contributed by atoms with Crippen molar-refractivity contribution in [1.82, 2.24) is 49.3 Å². The standard InChI is InChI=1S/C24H24FN5O4S.C22H21FN4O4S.C20H17FN4O4S/c25-18-3-1-2-16(14-18)21(31)28-6-8-30(9-7-28)24(33)27-23-26-19-5-4-17(15-20(19)35-23)22(32)29-10-12-34-13-11-29;1-2-31-20(29)15-6-7-17-18(13-15)32-21(24-17)25-22(30)27-10-8-26(9-11-27)19(28)14-4-3-5-16(23)12-14;21-14-3-1-2-12(10-14)17(26)24-6-8-25(9-7-24)20(29)23-19-22-15-5-4-13(18(27)28)11-16(15)30-19/h1-5,14-15H,6-13H2,(H,26,27,33);3-7,12-13H,2,8-11H2,1H3,(H,24,25,30);1-5,10-11H,6-9H2,(H,27,28)(H,22,23,29).